The molecule has 1 aromatic rings. The molecule has 0 aliphatic rings. The fourth-order valence-electron chi connectivity index (χ4n) is 1.47. The summed E-state index contributed by atoms with van der Waals surface area (Å²) in [4.78, 5) is 0. The van der Waals surface area contributed by atoms with E-state index in [0.717, 1.165) is 11.3 Å². The molecule has 0 radical (unpaired) electrons. The maximum Gasteiger partial charge on any atom is 0.180 e. The lowest BCUT2D eigenvalue weighted by molar-refractivity contribution is 0.287. The van der Waals surface area contributed by atoms with Crippen LogP contribution in [-0.4, -0.2) is 23.3 Å². The molecule has 1 rings (SSSR count). The van der Waals surface area contributed by atoms with Gasteiger partial charge in [0.25, 0.3) is 0 Å². The minimum atomic E-state index is 0.154. The van der Waals surface area contributed by atoms with E-state index in [4.69, 9.17) is 33.3 Å². The highest BCUT2D eigenvalue weighted by molar-refractivity contribution is 7.80. The zero-order valence-electron chi connectivity index (χ0n) is 10.7. The highest BCUT2D eigenvalue weighted by atomic mass is 32.1. The van der Waals surface area contributed by atoms with Gasteiger partial charge >= 0.3 is 0 Å². The smallest absolute Gasteiger partial charge is 0.180 e. The van der Waals surface area contributed by atoms with Gasteiger partial charge in [0.05, 0.1) is 19.8 Å². The third-order valence-corrected chi connectivity index (χ3v) is 2.48. The summed E-state index contributed by atoms with van der Waals surface area (Å²) in [5.74, 6) is 7.09. The second kappa shape index (κ2) is 7.03. The highest BCUT2D eigenvalue weighted by Crippen LogP contribution is 2.28. The molecule has 4 N–H and O–H groups in total. The molecule has 0 unspecified atom stereocenters. The van der Waals surface area contributed by atoms with Crippen LogP contribution >= 0.6 is 12.2 Å². The molecular weight excluding hydrogens is 250 g/mol. The maximum absolute atomic E-state index is 5.66. The van der Waals surface area contributed by atoms with Crippen LogP contribution in [0, 0.1) is 0 Å². The van der Waals surface area contributed by atoms with Gasteiger partial charge in [0.15, 0.2) is 16.6 Å². The second-order valence-electron chi connectivity index (χ2n) is 3.61. The largest absolute Gasteiger partial charge is 0.490 e. The van der Waals surface area contributed by atoms with Crippen molar-refractivity contribution in [1.29, 1.82) is 0 Å². The first-order valence-corrected chi connectivity index (χ1v) is 6.19. The molecular formula is C12H19N3O2S. The predicted octanol–water partition coefficient (Wildman–Crippen LogP) is 1.40. The van der Waals surface area contributed by atoms with Gasteiger partial charge in [-0.2, -0.15) is 0 Å². The predicted molar refractivity (Wildman–Crippen MR) is 75.3 cm³/mol. The van der Waals surface area contributed by atoms with Gasteiger partial charge < -0.3 is 15.2 Å². The molecule has 1 aromatic carbocycles. The Balaban J connectivity index is 2.88. The van der Waals surface area contributed by atoms with Crippen LogP contribution in [0.2, 0.25) is 0 Å². The van der Waals surface area contributed by atoms with E-state index in [9.17, 15) is 0 Å². The van der Waals surface area contributed by atoms with Crippen molar-refractivity contribution < 1.29 is 9.47 Å². The van der Waals surface area contributed by atoms with Crippen LogP contribution in [0.15, 0.2) is 18.2 Å². The summed E-state index contributed by atoms with van der Waals surface area (Å²) in [6, 6.07) is 5.65. The van der Waals surface area contributed by atoms with Crippen molar-refractivity contribution in [3.8, 4) is 11.5 Å². The van der Waals surface area contributed by atoms with Crippen molar-refractivity contribution in [3.63, 3.8) is 0 Å². The number of benzene rings is 1. The minimum Gasteiger partial charge on any atom is -0.490 e. The first-order chi connectivity index (χ1) is 8.58. The van der Waals surface area contributed by atoms with Crippen LogP contribution in [0.1, 0.15) is 19.4 Å². The van der Waals surface area contributed by atoms with Gasteiger partial charge in [0, 0.05) is 0 Å². The summed E-state index contributed by atoms with van der Waals surface area (Å²) in [5, 5.41) is 1.46. The van der Waals surface area contributed by atoms with Crippen LogP contribution in [0.5, 0.6) is 11.5 Å². The molecule has 0 bridgehead atoms. The average Bonchev–Trinajstić information content (AvgIpc) is 2.33. The molecule has 0 heterocycles. The topological polar surface area (TPSA) is 73.7 Å². The summed E-state index contributed by atoms with van der Waals surface area (Å²) >= 11 is 4.79. The number of rotatable bonds is 6. The summed E-state index contributed by atoms with van der Waals surface area (Å²) in [6.45, 7) is 5.45. The number of nitrogens with zero attached hydrogens (tertiary/aromatic N) is 1. The molecule has 0 amide bonds. The van der Waals surface area contributed by atoms with E-state index in [1.165, 1.54) is 5.01 Å². The number of nitrogens with two attached hydrogens (primary N) is 2. The van der Waals surface area contributed by atoms with Gasteiger partial charge in [0.2, 0.25) is 0 Å². The molecule has 0 aliphatic heterocycles. The Kier molecular flexibility index (Phi) is 5.67. The number of hydrogen-bond donors (Lipinski definition) is 2. The van der Waals surface area contributed by atoms with Crippen LogP contribution in [0.4, 0.5) is 0 Å². The fraction of sp³-hybridized carbons (Fsp3) is 0.417. The Hall–Kier alpha value is -1.53. The third kappa shape index (κ3) is 4.05. The van der Waals surface area contributed by atoms with E-state index in [0.29, 0.717) is 25.5 Å². The van der Waals surface area contributed by atoms with Gasteiger partial charge in [-0.15, -0.1) is 0 Å². The lowest BCUT2D eigenvalue weighted by Gasteiger charge is -2.17. The van der Waals surface area contributed by atoms with Gasteiger partial charge in [-0.3, -0.25) is 5.01 Å². The van der Waals surface area contributed by atoms with Crippen LogP contribution in [0.25, 0.3) is 0 Å². The molecule has 6 heteroatoms. The van der Waals surface area contributed by atoms with Crippen molar-refractivity contribution in [3.05, 3.63) is 23.8 Å². The van der Waals surface area contributed by atoms with Crippen molar-refractivity contribution in [1.82, 2.24) is 5.01 Å². The molecule has 100 valence electrons. The monoisotopic (exact) mass is 269 g/mol. The average molecular weight is 269 g/mol. The van der Waals surface area contributed by atoms with E-state index in [-0.39, 0.29) is 5.11 Å². The molecule has 0 fully saturated rings. The Bertz CT molecular complexity index is 412. The third-order valence-electron chi connectivity index (χ3n) is 2.24. The van der Waals surface area contributed by atoms with Crippen LogP contribution in [-0.2, 0) is 6.54 Å². The van der Waals surface area contributed by atoms with Gasteiger partial charge in [-0.25, -0.2) is 5.84 Å². The molecule has 0 atom stereocenters. The lowest BCUT2D eigenvalue weighted by Crippen LogP contribution is -2.40. The standard InChI is InChI=1S/C12H19N3O2S/c1-3-16-10-6-5-9(7-11(10)17-4-2)8-15(14)12(13)18/h5-7H,3-4,8,14H2,1-2H3,(H2,13,18). The fourth-order valence-corrected chi connectivity index (χ4v) is 1.53. The number of ether oxygens (including phenoxy) is 2. The van der Waals surface area contributed by atoms with E-state index in [2.05, 4.69) is 0 Å². The van der Waals surface area contributed by atoms with Crippen molar-refractivity contribution in [2.24, 2.45) is 11.6 Å². The highest BCUT2D eigenvalue weighted by Gasteiger charge is 2.08. The normalized spacial score (nSPS) is 9.94. The zero-order chi connectivity index (χ0) is 13.5. The van der Waals surface area contributed by atoms with Crippen molar-refractivity contribution >= 4 is 17.3 Å². The Morgan fingerprint density at radius 2 is 1.83 bits per heavy atom. The van der Waals surface area contributed by atoms with Gasteiger partial charge in [-0.05, 0) is 43.8 Å². The SMILES string of the molecule is CCOc1ccc(CN(N)C(N)=S)cc1OCC. The summed E-state index contributed by atoms with van der Waals surface area (Å²) in [5.41, 5.74) is 6.39. The Morgan fingerprint density at radius 3 is 2.39 bits per heavy atom. The number of hydrogen-bond acceptors (Lipinski definition) is 4. The van der Waals surface area contributed by atoms with E-state index in [1.54, 1.807) is 0 Å². The van der Waals surface area contributed by atoms with E-state index >= 15 is 0 Å². The first kappa shape index (κ1) is 14.5. The van der Waals surface area contributed by atoms with Gasteiger partial charge in [0.1, 0.15) is 0 Å². The van der Waals surface area contributed by atoms with Crippen molar-refractivity contribution in [2.45, 2.75) is 20.4 Å². The van der Waals surface area contributed by atoms with Gasteiger partial charge in [-0.1, -0.05) is 6.07 Å². The maximum atomic E-state index is 5.66. The number of hydrazine groups is 1. The molecule has 5 nitrogen and oxygen atoms in total. The summed E-state index contributed by atoms with van der Waals surface area (Å²) in [6.07, 6.45) is 0. The van der Waals surface area contributed by atoms with Crippen LogP contribution in [0.3, 0.4) is 0 Å². The first-order valence-electron chi connectivity index (χ1n) is 5.78. The van der Waals surface area contributed by atoms with Crippen molar-refractivity contribution in [2.75, 3.05) is 13.2 Å². The lowest BCUT2D eigenvalue weighted by atomic mass is 10.2. The molecule has 0 saturated heterocycles. The molecule has 18 heavy (non-hydrogen) atoms. The second-order valence-corrected chi connectivity index (χ2v) is 4.03. The summed E-state index contributed by atoms with van der Waals surface area (Å²) in [7, 11) is 0. The molecule has 0 saturated carbocycles. The molecule has 0 aliphatic carbocycles. The number of thiocarbonyl (C=S) groups is 1. The Morgan fingerprint density at radius 1 is 1.22 bits per heavy atom. The minimum absolute atomic E-state index is 0.154. The zero-order valence-corrected chi connectivity index (χ0v) is 11.5. The van der Waals surface area contributed by atoms with Crippen LogP contribution < -0.4 is 21.1 Å². The Labute approximate surface area is 113 Å². The van der Waals surface area contributed by atoms with E-state index in [1.807, 2.05) is 32.0 Å². The molecule has 0 aromatic heterocycles. The molecule has 0 spiro atoms. The van der Waals surface area contributed by atoms with E-state index < -0.39 is 0 Å². The summed E-state index contributed by atoms with van der Waals surface area (Å²) < 4.78 is 11.0. The quantitative estimate of drug-likeness (QED) is 0.462.